The highest BCUT2D eigenvalue weighted by molar-refractivity contribution is 9.10. The van der Waals surface area contributed by atoms with Gasteiger partial charge in [0.25, 0.3) is 0 Å². The van der Waals surface area contributed by atoms with Crippen molar-refractivity contribution < 1.29 is 8.42 Å². The van der Waals surface area contributed by atoms with E-state index < -0.39 is 10.0 Å². The van der Waals surface area contributed by atoms with Crippen LogP contribution in [0.2, 0.25) is 0 Å². The number of rotatable bonds is 8. The minimum atomic E-state index is -3.40. The van der Waals surface area contributed by atoms with Crippen molar-refractivity contribution in [3.8, 4) is 0 Å². The normalized spacial score (nSPS) is 15.0. The van der Waals surface area contributed by atoms with Crippen LogP contribution < -0.4 is 4.72 Å². The van der Waals surface area contributed by atoms with Gasteiger partial charge in [-0.1, -0.05) is 46.6 Å². The summed E-state index contributed by atoms with van der Waals surface area (Å²) in [6, 6.07) is 15.4. The third-order valence-corrected chi connectivity index (χ3v) is 6.78. The molecule has 1 N–H and O–H groups in total. The van der Waals surface area contributed by atoms with Crippen molar-refractivity contribution in [3.63, 3.8) is 0 Å². The summed E-state index contributed by atoms with van der Waals surface area (Å²) in [5.74, 6) is 0. The van der Waals surface area contributed by atoms with Crippen molar-refractivity contribution >= 4 is 26.0 Å². The van der Waals surface area contributed by atoms with Crippen LogP contribution in [0, 0.1) is 0 Å². The number of unbranched alkanes of at least 4 members (excludes halogenated alkanes) is 2. The van der Waals surface area contributed by atoms with Crippen LogP contribution in [-0.2, 0) is 23.0 Å². The number of nitrogens with one attached hydrogen (secondary N) is 1. The predicted molar refractivity (Wildman–Crippen MR) is 109 cm³/mol. The average molecular weight is 437 g/mol. The van der Waals surface area contributed by atoms with E-state index in [0.29, 0.717) is 11.4 Å². The number of fused-ring (bicyclic) bond motifs is 1. The molecular weight excluding hydrogens is 412 g/mol. The molecule has 3 rings (SSSR count). The van der Waals surface area contributed by atoms with Crippen molar-refractivity contribution in [2.75, 3.05) is 19.6 Å². The van der Waals surface area contributed by atoms with E-state index in [2.05, 4.69) is 49.8 Å². The maximum Gasteiger partial charge on any atom is 0.240 e. The van der Waals surface area contributed by atoms with Crippen LogP contribution in [0.4, 0.5) is 0 Å². The van der Waals surface area contributed by atoms with E-state index in [9.17, 15) is 8.42 Å². The maximum absolute atomic E-state index is 12.2. The first-order valence-corrected chi connectivity index (χ1v) is 11.4. The van der Waals surface area contributed by atoms with Crippen molar-refractivity contribution in [3.05, 3.63) is 64.1 Å². The van der Waals surface area contributed by atoms with E-state index in [1.54, 1.807) is 24.3 Å². The van der Waals surface area contributed by atoms with Crippen LogP contribution in [0.5, 0.6) is 0 Å². The molecule has 0 saturated carbocycles. The van der Waals surface area contributed by atoms with Crippen LogP contribution in [0.15, 0.2) is 57.9 Å². The van der Waals surface area contributed by atoms with Crippen molar-refractivity contribution in [1.82, 2.24) is 9.62 Å². The fourth-order valence-electron chi connectivity index (χ4n) is 3.29. The van der Waals surface area contributed by atoms with Crippen LogP contribution in [0.3, 0.4) is 0 Å². The van der Waals surface area contributed by atoms with Gasteiger partial charge in [-0.3, -0.25) is 4.90 Å². The summed E-state index contributed by atoms with van der Waals surface area (Å²) in [7, 11) is -3.40. The Bertz CT molecular complexity index is 822. The number of hydrogen-bond donors (Lipinski definition) is 1. The third-order valence-electron chi connectivity index (χ3n) is 4.78. The summed E-state index contributed by atoms with van der Waals surface area (Å²) in [4.78, 5) is 2.81. The van der Waals surface area contributed by atoms with Gasteiger partial charge in [0, 0.05) is 24.1 Å². The molecule has 1 heterocycles. The number of sulfonamides is 1. The highest BCUT2D eigenvalue weighted by Crippen LogP contribution is 2.19. The van der Waals surface area contributed by atoms with Gasteiger partial charge < -0.3 is 0 Å². The molecule has 2 aromatic carbocycles. The fourth-order valence-corrected chi connectivity index (χ4v) is 4.62. The van der Waals surface area contributed by atoms with Crippen LogP contribution >= 0.6 is 15.9 Å². The lowest BCUT2D eigenvalue weighted by atomic mass is 10.00. The van der Waals surface area contributed by atoms with Gasteiger partial charge in [-0.25, -0.2) is 13.1 Å². The molecule has 0 aromatic heterocycles. The molecule has 0 fully saturated rings. The smallest absolute Gasteiger partial charge is 0.240 e. The van der Waals surface area contributed by atoms with E-state index in [0.717, 1.165) is 49.8 Å². The van der Waals surface area contributed by atoms with E-state index in [4.69, 9.17) is 0 Å². The summed E-state index contributed by atoms with van der Waals surface area (Å²) < 4.78 is 28.0. The Balaban J connectivity index is 1.34. The lowest BCUT2D eigenvalue weighted by molar-refractivity contribution is 0.248. The fraction of sp³-hybridized carbons (Fsp3) is 0.400. The zero-order valence-corrected chi connectivity index (χ0v) is 17.2. The van der Waals surface area contributed by atoms with Crippen molar-refractivity contribution in [2.24, 2.45) is 0 Å². The standard InChI is InChI=1S/C20H25BrN2O2S/c21-19-8-10-20(11-9-19)26(24,25)22-13-4-1-5-14-23-15-12-17-6-2-3-7-18(17)16-23/h2-3,6-11,22H,1,4-5,12-16H2. The highest BCUT2D eigenvalue weighted by atomic mass is 79.9. The quantitative estimate of drug-likeness (QED) is 0.637. The van der Waals surface area contributed by atoms with E-state index in [1.807, 2.05) is 0 Å². The van der Waals surface area contributed by atoms with Gasteiger partial charge in [0.1, 0.15) is 0 Å². The molecule has 1 aliphatic heterocycles. The predicted octanol–water partition coefficient (Wildman–Crippen LogP) is 3.96. The Kier molecular flexibility index (Phi) is 6.86. The molecule has 140 valence electrons. The zero-order chi connectivity index (χ0) is 18.4. The first-order valence-electron chi connectivity index (χ1n) is 9.09. The molecule has 0 radical (unpaired) electrons. The lowest BCUT2D eigenvalue weighted by Gasteiger charge is -2.28. The van der Waals surface area contributed by atoms with Gasteiger partial charge >= 0.3 is 0 Å². The van der Waals surface area contributed by atoms with Gasteiger partial charge in [-0.15, -0.1) is 0 Å². The van der Waals surface area contributed by atoms with Crippen molar-refractivity contribution in [1.29, 1.82) is 0 Å². The van der Waals surface area contributed by atoms with Crippen molar-refractivity contribution in [2.45, 2.75) is 37.1 Å². The van der Waals surface area contributed by atoms with Gasteiger partial charge in [-0.05, 0) is 61.2 Å². The van der Waals surface area contributed by atoms with Gasteiger partial charge in [0.05, 0.1) is 4.90 Å². The van der Waals surface area contributed by atoms with E-state index >= 15 is 0 Å². The molecule has 26 heavy (non-hydrogen) atoms. The first kappa shape index (κ1) is 19.5. The Morgan fingerprint density at radius 2 is 1.69 bits per heavy atom. The molecule has 0 bridgehead atoms. The molecule has 0 aliphatic carbocycles. The molecule has 0 spiro atoms. The Morgan fingerprint density at radius 3 is 2.46 bits per heavy atom. The number of halogens is 1. The Hall–Kier alpha value is -1.21. The second-order valence-corrected chi connectivity index (χ2v) is 9.39. The lowest BCUT2D eigenvalue weighted by Crippen LogP contribution is -2.31. The van der Waals surface area contributed by atoms with Crippen LogP contribution in [-0.4, -0.2) is 33.0 Å². The number of hydrogen-bond acceptors (Lipinski definition) is 3. The topological polar surface area (TPSA) is 49.4 Å². The molecular formula is C20H25BrN2O2S. The molecule has 0 atom stereocenters. The number of benzene rings is 2. The van der Waals surface area contributed by atoms with Gasteiger partial charge in [-0.2, -0.15) is 0 Å². The molecule has 4 nitrogen and oxygen atoms in total. The highest BCUT2D eigenvalue weighted by Gasteiger charge is 2.15. The second kappa shape index (κ2) is 9.13. The Morgan fingerprint density at radius 1 is 0.962 bits per heavy atom. The zero-order valence-electron chi connectivity index (χ0n) is 14.8. The molecule has 2 aromatic rings. The average Bonchev–Trinajstić information content (AvgIpc) is 2.65. The molecule has 0 unspecified atom stereocenters. The van der Waals surface area contributed by atoms with E-state index in [-0.39, 0.29) is 0 Å². The van der Waals surface area contributed by atoms with Crippen LogP contribution in [0.1, 0.15) is 30.4 Å². The summed E-state index contributed by atoms with van der Waals surface area (Å²) in [5.41, 5.74) is 2.92. The largest absolute Gasteiger partial charge is 0.299 e. The van der Waals surface area contributed by atoms with Gasteiger partial charge in [0.15, 0.2) is 0 Å². The summed E-state index contributed by atoms with van der Waals surface area (Å²) in [5, 5.41) is 0. The maximum atomic E-state index is 12.2. The second-order valence-electron chi connectivity index (χ2n) is 6.71. The summed E-state index contributed by atoms with van der Waals surface area (Å²) in [6.45, 7) is 3.72. The van der Waals surface area contributed by atoms with Crippen LogP contribution in [0.25, 0.3) is 0 Å². The minimum Gasteiger partial charge on any atom is -0.299 e. The summed E-state index contributed by atoms with van der Waals surface area (Å²) in [6.07, 6.45) is 4.12. The molecule has 0 amide bonds. The molecule has 1 aliphatic rings. The minimum absolute atomic E-state index is 0.313. The monoisotopic (exact) mass is 436 g/mol. The SMILES string of the molecule is O=S(=O)(NCCCCCN1CCc2ccccc2C1)c1ccc(Br)cc1. The molecule has 6 heteroatoms. The number of nitrogens with zero attached hydrogens (tertiary/aromatic N) is 1. The first-order chi connectivity index (χ1) is 12.5. The van der Waals surface area contributed by atoms with Gasteiger partial charge in [0.2, 0.25) is 10.0 Å². The third kappa shape index (κ3) is 5.39. The van der Waals surface area contributed by atoms with E-state index in [1.165, 1.54) is 11.1 Å². The molecule has 0 saturated heterocycles. The summed E-state index contributed by atoms with van der Waals surface area (Å²) >= 11 is 3.32. The Labute approximate surface area is 164 Å².